The van der Waals surface area contributed by atoms with Crippen molar-refractivity contribution in [1.29, 1.82) is 0 Å². The molecule has 0 aliphatic carbocycles. The van der Waals surface area contributed by atoms with Gasteiger partial charge in [0.2, 0.25) is 5.91 Å². The number of hydrogen-bond donors (Lipinski definition) is 1. The van der Waals surface area contributed by atoms with E-state index in [1.165, 1.54) is 0 Å². The maximum Gasteiger partial charge on any atom is 0.223 e. The maximum atomic E-state index is 12.1. The minimum atomic E-state index is 0. The summed E-state index contributed by atoms with van der Waals surface area (Å²) in [5.41, 5.74) is 0. The van der Waals surface area contributed by atoms with Gasteiger partial charge >= 0.3 is 0 Å². The molecule has 0 bridgehead atoms. The zero-order valence-electron chi connectivity index (χ0n) is 10.5. The molecule has 100 valence electrons. The van der Waals surface area contributed by atoms with Gasteiger partial charge in [-0.2, -0.15) is 0 Å². The van der Waals surface area contributed by atoms with E-state index in [2.05, 4.69) is 12.2 Å². The zero-order valence-corrected chi connectivity index (χ0v) is 11.3. The van der Waals surface area contributed by atoms with Gasteiger partial charge in [-0.1, -0.05) is 6.92 Å². The van der Waals surface area contributed by atoms with Crippen LogP contribution in [0.3, 0.4) is 0 Å². The van der Waals surface area contributed by atoms with E-state index < -0.39 is 0 Å². The van der Waals surface area contributed by atoms with Gasteiger partial charge < -0.3 is 15.0 Å². The molecule has 5 heteroatoms. The Kier molecular flexibility index (Phi) is 6.23. The van der Waals surface area contributed by atoms with Crippen molar-refractivity contribution < 1.29 is 9.53 Å². The summed E-state index contributed by atoms with van der Waals surface area (Å²) in [6.45, 7) is 6.45. The average molecular weight is 263 g/mol. The van der Waals surface area contributed by atoms with Gasteiger partial charge in [-0.3, -0.25) is 4.79 Å². The quantitative estimate of drug-likeness (QED) is 0.827. The van der Waals surface area contributed by atoms with Crippen LogP contribution >= 0.6 is 12.4 Å². The number of hydrogen-bond acceptors (Lipinski definition) is 3. The van der Waals surface area contributed by atoms with Gasteiger partial charge in [0, 0.05) is 19.5 Å². The number of carbonyl (C=O) groups is 1. The Hall–Kier alpha value is -0.320. The van der Waals surface area contributed by atoms with Gasteiger partial charge in [-0.15, -0.1) is 12.4 Å². The SMILES string of the molecule is CCC1CN(C(=O)CC2CCNC2)CCO1.Cl. The Morgan fingerprint density at radius 2 is 2.35 bits per heavy atom. The van der Waals surface area contributed by atoms with Crippen LogP contribution in [0.25, 0.3) is 0 Å². The first-order valence-corrected chi connectivity index (χ1v) is 6.39. The summed E-state index contributed by atoms with van der Waals surface area (Å²) in [6.07, 6.45) is 3.10. The van der Waals surface area contributed by atoms with E-state index >= 15 is 0 Å². The molecule has 0 radical (unpaired) electrons. The third-order valence-electron chi connectivity index (χ3n) is 3.57. The van der Waals surface area contributed by atoms with Crippen LogP contribution in [0.15, 0.2) is 0 Å². The van der Waals surface area contributed by atoms with Crippen LogP contribution in [0.1, 0.15) is 26.2 Å². The second-order valence-electron chi connectivity index (χ2n) is 4.80. The zero-order chi connectivity index (χ0) is 11.4. The van der Waals surface area contributed by atoms with E-state index in [4.69, 9.17) is 4.74 Å². The topological polar surface area (TPSA) is 41.6 Å². The first-order chi connectivity index (χ1) is 7.79. The molecular formula is C12H23ClN2O2. The second kappa shape index (κ2) is 7.19. The second-order valence-corrected chi connectivity index (χ2v) is 4.80. The van der Waals surface area contributed by atoms with Crippen molar-refractivity contribution in [2.45, 2.75) is 32.3 Å². The molecule has 4 nitrogen and oxygen atoms in total. The van der Waals surface area contributed by atoms with Crippen molar-refractivity contribution in [1.82, 2.24) is 10.2 Å². The summed E-state index contributed by atoms with van der Waals surface area (Å²) in [4.78, 5) is 14.0. The molecule has 2 heterocycles. The highest BCUT2D eigenvalue weighted by atomic mass is 35.5. The van der Waals surface area contributed by atoms with Crippen LogP contribution in [0, 0.1) is 5.92 Å². The van der Waals surface area contributed by atoms with E-state index in [9.17, 15) is 4.79 Å². The van der Waals surface area contributed by atoms with Crippen LogP contribution in [0.5, 0.6) is 0 Å². The number of amides is 1. The van der Waals surface area contributed by atoms with E-state index in [0.717, 1.165) is 39.0 Å². The number of nitrogens with one attached hydrogen (secondary N) is 1. The summed E-state index contributed by atoms with van der Waals surface area (Å²) in [7, 11) is 0. The summed E-state index contributed by atoms with van der Waals surface area (Å²) >= 11 is 0. The smallest absolute Gasteiger partial charge is 0.223 e. The number of halogens is 1. The molecule has 2 unspecified atom stereocenters. The Balaban J connectivity index is 0.00000144. The number of carbonyl (C=O) groups excluding carboxylic acids is 1. The fourth-order valence-corrected chi connectivity index (χ4v) is 2.46. The fourth-order valence-electron chi connectivity index (χ4n) is 2.46. The third kappa shape index (κ3) is 4.12. The van der Waals surface area contributed by atoms with Crippen molar-refractivity contribution in [3.8, 4) is 0 Å². The predicted molar refractivity (Wildman–Crippen MR) is 69.5 cm³/mol. The van der Waals surface area contributed by atoms with Crippen molar-refractivity contribution in [3.05, 3.63) is 0 Å². The first-order valence-electron chi connectivity index (χ1n) is 6.39. The van der Waals surface area contributed by atoms with E-state index in [1.54, 1.807) is 0 Å². The largest absolute Gasteiger partial charge is 0.375 e. The number of morpholine rings is 1. The summed E-state index contributed by atoms with van der Waals surface area (Å²) < 4.78 is 5.57. The van der Waals surface area contributed by atoms with Gasteiger partial charge in [0.1, 0.15) is 0 Å². The van der Waals surface area contributed by atoms with Crippen LogP contribution in [0.2, 0.25) is 0 Å². The molecule has 2 aliphatic rings. The molecule has 2 fully saturated rings. The van der Waals surface area contributed by atoms with Crippen molar-refractivity contribution in [2.24, 2.45) is 5.92 Å². The highest BCUT2D eigenvalue weighted by molar-refractivity contribution is 5.85. The normalized spacial score (nSPS) is 28.9. The predicted octanol–water partition coefficient (Wildman–Crippen LogP) is 1.05. The molecule has 2 rings (SSSR count). The fraction of sp³-hybridized carbons (Fsp3) is 0.917. The Labute approximate surface area is 109 Å². The van der Waals surface area contributed by atoms with Gasteiger partial charge in [0.05, 0.1) is 12.7 Å². The van der Waals surface area contributed by atoms with E-state index in [0.29, 0.717) is 24.9 Å². The molecule has 0 aromatic carbocycles. The minimum absolute atomic E-state index is 0. The molecule has 0 saturated carbocycles. The first kappa shape index (κ1) is 14.7. The van der Waals surface area contributed by atoms with Crippen LogP contribution in [-0.2, 0) is 9.53 Å². The summed E-state index contributed by atoms with van der Waals surface area (Å²) in [6, 6.07) is 0. The van der Waals surface area contributed by atoms with Crippen molar-refractivity contribution in [3.63, 3.8) is 0 Å². The number of nitrogens with zero attached hydrogens (tertiary/aromatic N) is 1. The molecule has 0 spiro atoms. The van der Waals surface area contributed by atoms with Gasteiger partial charge in [0.15, 0.2) is 0 Å². The molecular weight excluding hydrogens is 240 g/mol. The monoisotopic (exact) mass is 262 g/mol. The summed E-state index contributed by atoms with van der Waals surface area (Å²) in [5.74, 6) is 0.867. The lowest BCUT2D eigenvalue weighted by molar-refractivity contribution is -0.139. The molecule has 2 atom stereocenters. The highest BCUT2D eigenvalue weighted by Crippen LogP contribution is 2.16. The molecule has 1 N–H and O–H groups in total. The van der Waals surface area contributed by atoms with Crippen LogP contribution < -0.4 is 5.32 Å². The highest BCUT2D eigenvalue weighted by Gasteiger charge is 2.26. The van der Waals surface area contributed by atoms with Gasteiger partial charge in [0.25, 0.3) is 0 Å². The lowest BCUT2D eigenvalue weighted by Gasteiger charge is -2.33. The van der Waals surface area contributed by atoms with E-state index in [-0.39, 0.29) is 18.5 Å². The standard InChI is InChI=1S/C12H22N2O2.ClH/c1-2-11-9-14(5-6-16-11)12(15)7-10-3-4-13-8-10;/h10-11,13H,2-9H2,1H3;1H. The average Bonchev–Trinajstić information content (AvgIpc) is 2.82. The molecule has 0 aromatic rings. The van der Waals surface area contributed by atoms with Crippen LogP contribution in [0.4, 0.5) is 0 Å². The van der Waals surface area contributed by atoms with Crippen LogP contribution in [-0.4, -0.2) is 49.7 Å². The number of ether oxygens (including phenoxy) is 1. The Morgan fingerprint density at radius 1 is 1.53 bits per heavy atom. The Bertz CT molecular complexity index is 245. The maximum absolute atomic E-state index is 12.1. The van der Waals surface area contributed by atoms with Crippen molar-refractivity contribution in [2.75, 3.05) is 32.8 Å². The molecule has 0 aromatic heterocycles. The van der Waals surface area contributed by atoms with Gasteiger partial charge in [-0.25, -0.2) is 0 Å². The lowest BCUT2D eigenvalue weighted by atomic mass is 10.0. The summed E-state index contributed by atoms with van der Waals surface area (Å²) in [5, 5.41) is 3.31. The molecule has 2 saturated heterocycles. The lowest BCUT2D eigenvalue weighted by Crippen LogP contribution is -2.45. The number of rotatable bonds is 3. The molecule has 17 heavy (non-hydrogen) atoms. The molecule has 2 aliphatic heterocycles. The van der Waals surface area contributed by atoms with E-state index in [1.807, 2.05) is 4.90 Å². The molecule has 1 amide bonds. The third-order valence-corrected chi connectivity index (χ3v) is 3.57. The minimum Gasteiger partial charge on any atom is -0.375 e. The van der Waals surface area contributed by atoms with Crippen molar-refractivity contribution >= 4 is 18.3 Å². The van der Waals surface area contributed by atoms with Gasteiger partial charge in [-0.05, 0) is 31.8 Å². The Morgan fingerprint density at radius 3 is 3.00 bits per heavy atom.